The molecule has 0 aliphatic carbocycles. The highest BCUT2D eigenvalue weighted by molar-refractivity contribution is 8.14. The van der Waals surface area contributed by atoms with Gasteiger partial charge in [0.15, 0.2) is 18.0 Å². The third-order valence-corrected chi connectivity index (χ3v) is 6.37. The molecule has 0 radical (unpaired) electrons. The molecule has 2 aromatic rings. The molecule has 1 N–H and O–H groups in total. The van der Waals surface area contributed by atoms with E-state index in [4.69, 9.17) is 16.3 Å². The van der Waals surface area contributed by atoms with Crippen LogP contribution in [0.1, 0.15) is 17.5 Å². The third kappa shape index (κ3) is 3.60. The van der Waals surface area contributed by atoms with E-state index in [1.54, 1.807) is 18.9 Å². The molecule has 0 fully saturated rings. The lowest BCUT2D eigenvalue weighted by molar-refractivity contribution is -0.532. The zero-order chi connectivity index (χ0) is 18.3. The summed E-state index contributed by atoms with van der Waals surface area (Å²) in [4.78, 5) is 2.03. The first kappa shape index (κ1) is 20.5. The Balaban J connectivity index is 0.00000210. The number of ether oxygens (including phenoxy) is 1. The second-order valence-corrected chi connectivity index (χ2v) is 8.24. The number of methoxy groups -OCH3 is 1. The molecule has 2 aliphatic rings. The lowest BCUT2D eigenvalue weighted by atomic mass is 10.0. The molecule has 0 bridgehead atoms. The Bertz CT molecular complexity index is 875. The second kappa shape index (κ2) is 8.03. The number of hydrogen-bond donors (Lipinski definition) is 1. The summed E-state index contributed by atoms with van der Waals surface area (Å²) in [6.07, 6.45) is 1.11. The van der Waals surface area contributed by atoms with Gasteiger partial charge in [0.25, 0.3) is 5.72 Å². The van der Waals surface area contributed by atoms with Crippen LogP contribution in [-0.4, -0.2) is 40.8 Å². The Morgan fingerprint density at radius 1 is 1.22 bits per heavy atom. The highest BCUT2D eigenvalue weighted by Gasteiger charge is 2.56. The maximum absolute atomic E-state index is 11.9. The summed E-state index contributed by atoms with van der Waals surface area (Å²) in [6.45, 7) is 3.52. The number of aliphatic hydroxyl groups is 1. The number of rotatable bonds is 3. The molecule has 0 spiro atoms. The Kier molecular flexibility index (Phi) is 6.11. The number of amidine groups is 1. The van der Waals surface area contributed by atoms with Crippen LogP contribution in [0.5, 0.6) is 5.75 Å². The van der Waals surface area contributed by atoms with E-state index >= 15 is 0 Å². The van der Waals surface area contributed by atoms with Crippen molar-refractivity contribution in [3.63, 3.8) is 0 Å². The van der Waals surface area contributed by atoms with E-state index in [1.165, 1.54) is 0 Å². The fraction of sp³-hybridized carbons (Fsp3) is 0.350. The summed E-state index contributed by atoms with van der Waals surface area (Å²) in [5, 5.41) is 13.6. The molecule has 4 rings (SSSR count). The first-order chi connectivity index (χ1) is 12.5. The Morgan fingerprint density at radius 3 is 2.67 bits per heavy atom. The third-order valence-electron chi connectivity index (χ3n) is 4.93. The van der Waals surface area contributed by atoms with Crippen LogP contribution in [0, 0.1) is 6.92 Å². The molecule has 0 saturated heterocycles. The predicted molar refractivity (Wildman–Crippen MR) is 108 cm³/mol. The standard InChI is InChI=1S/C20H22ClN2O2S.BrH/c1-14-4-9-18(25-2)17(12-14)23-19-22(10-3-11-26-19)13-20(23,24)15-5-7-16(21)8-6-15;/h4-9,12,24H,3,10-11,13H2,1-2H3;1H/q+1;/p-1. The van der Waals surface area contributed by atoms with Gasteiger partial charge < -0.3 is 26.8 Å². The molecule has 1 unspecified atom stereocenters. The van der Waals surface area contributed by atoms with Crippen molar-refractivity contribution in [2.75, 3.05) is 30.9 Å². The highest BCUT2D eigenvalue weighted by Crippen LogP contribution is 2.43. The Labute approximate surface area is 179 Å². The smallest absolute Gasteiger partial charge is 0.316 e. The molecule has 2 aromatic carbocycles. The largest absolute Gasteiger partial charge is 1.00 e. The highest BCUT2D eigenvalue weighted by atomic mass is 79.9. The van der Waals surface area contributed by atoms with E-state index in [9.17, 15) is 5.11 Å². The molecule has 0 amide bonds. The topological polar surface area (TPSA) is 35.7 Å². The van der Waals surface area contributed by atoms with Crippen LogP contribution in [0.2, 0.25) is 5.02 Å². The number of benzene rings is 2. The summed E-state index contributed by atoms with van der Waals surface area (Å²) in [5.74, 6) is 1.80. The quantitative estimate of drug-likeness (QED) is 0.676. The molecule has 144 valence electrons. The molecular formula is C20H22BrClN2O2S. The van der Waals surface area contributed by atoms with Gasteiger partial charge in [-0.2, -0.15) is 4.90 Å². The zero-order valence-corrected chi connectivity index (χ0v) is 18.4. The van der Waals surface area contributed by atoms with Crippen LogP contribution in [0.4, 0.5) is 5.69 Å². The van der Waals surface area contributed by atoms with E-state index < -0.39 is 5.72 Å². The molecule has 2 aliphatic heterocycles. The second-order valence-electron chi connectivity index (χ2n) is 6.74. The van der Waals surface area contributed by atoms with E-state index in [2.05, 4.69) is 17.6 Å². The van der Waals surface area contributed by atoms with Gasteiger partial charge in [0.2, 0.25) is 0 Å². The van der Waals surface area contributed by atoms with Crippen LogP contribution in [0.15, 0.2) is 42.5 Å². The lowest BCUT2D eigenvalue weighted by Crippen LogP contribution is -3.00. The fourth-order valence-electron chi connectivity index (χ4n) is 3.67. The van der Waals surface area contributed by atoms with Crippen molar-refractivity contribution >= 4 is 34.2 Å². The average molecular weight is 470 g/mol. The van der Waals surface area contributed by atoms with Gasteiger partial charge in [-0.15, -0.1) is 0 Å². The SMILES string of the molecule is COc1ccc(C)cc1N1C2=[N+](CCCS2)CC1(O)c1ccc(Cl)cc1.[Br-]. The van der Waals surface area contributed by atoms with Crippen LogP contribution >= 0.6 is 23.4 Å². The molecule has 27 heavy (non-hydrogen) atoms. The number of halogens is 2. The van der Waals surface area contributed by atoms with Crippen molar-refractivity contribution in [3.05, 3.63) is 58.6 Å². The van der Waals surface area contributed by atoms with Crippen molar-refractivity contribution in [3.8, 4) is 5.75 Å². The van der Waals surface area contributed by atoms with Crippen molar-refractivity contribution < 1.29 is 31.4 Å². The van der Waals surface area contributed by atoms with E-state index in [-0.39, 0.29) is 17.0 Å². The molecule has 0 aromatic heterocycles. The van der Waals surface area contributed by atoms with Gasteiger partial charge in [0.05, 0.1) is 13.7 Å². The monoisotopic (exact) mass is 468 g/mol. The summed E-state index contributed by atoms with van der Waals surface area (Å²) in [6, 6.07) is 13.5. The first-order valence-corrected chi connectivity index (χ1v) is 10.1. The van der Waals surface area contributed by atoms with Crippen molar-refractivity contribution in [1.82, 2.24) is 0 Å². The van der Waals surface area contributed by atoms with E-state index in [0.29, 0.717) is 11.6 Å². The summed E-state index contributed by atoms with van der Waals surface area (Å²) in [7, 11) is 1.67. The minimum absolute atomic E-state index is 0. The first-order valence-electron chi connectivity index (χ1n) is 8.71. The van der Waals surface area contributed by atoms with E-state index in [0.717, 1.165) is 46.4 Å². The van der Waals surface area contributed by atoms with Crippen LogP contribution in [0.3, 0.4) is 0 Å². The van der Waals surface area contributed by atoms with Crippen LogP contribution < -0.4 is 26.6 Å². The summed E-state index contributed by atoms with van der Waals surface area (Å²) < 4.78 is 7.89. The molecule has 4 nitrogen and oxygen atoms in total. The maximum Gasteiger partial charge on any atom is 0.316 e. The van der Waals surface area contributed by atoms with Gasteiger partial charge in [0, 0.05) is 16.3 Å². The Morgan fingerprint density at radius 2 is 1.96 bits per heavy atom. The number of hydrogen-bond acceptors (Lipinski definition) is 4. The predicted octanol–water partition coefficient (Wildman–Crippen LogP) is 0.832. The van der Waals surface area contributed by atoms with Crippen LogP contribution in [-0.2, 0) is 5.72 Å². The van der Waals surface area contributed by atoms with E-state index in [1.807, 2.05) is 41.3 Å². The van der Waals surface area contributed by atoms with Crippen molar-refractivity contribution in [2.45, 2.75) is 19.1 Å². The zero-order valence-electron chi connectivity index (χ0n) is 15.3. The number of aryl methyl sites for hydroxylation is 1. The number of thioether (sulfide) groups is 1. The molecule has 2 heterocycles. The fourth-order valence-corrected chi connectivity index (χ4v) is 4.97. The minimum atomic E-state index is -1.17. The Hall–Kier alpha value is -1.21. The van der Waals surface area contributed by atoms with Gasteiger partial charge in [-0.05, 0) is 54.9 Å². The minimum Gasteiger partial charge on any atom is -1.00 e. The van der Waals surface area contributed by atoms with Gasteiger partial charge >= 0.3 is 5.17 Å². The lowest BCUT2D eigenvalue weighted by Gasteiger charge is -2.29. The molecule has 7 heteroatoms. The van der Waals surface area contributed by atoms with Crippen molar-refractivity contribution in [1.29, 1.82) is 0 Å². The summed E-state index contributed by atoms with van der Waals surface area (Å²) in [5.41, 5.74) is 1.67. The number of anilines is 1. The van der Waals surface area contributed by atoms with Gasteiger partial charge in [-0.3, -0.25) is 0 Å². The molecular weight excluding hydrogens is 448 g/mol. The van der Waals surface area contributed by atoms with Gasteiger partial charge in [0.1, 0.15) is 0 Å². The number of nitrogens with zero attached hydrogens (tertiary/aromatic N) is 2. The average Bonchev–Trinajstić information content (AvgIpc) is 2.95. The van der Waals surface area contributed by atoms with Crippen molar-refractivity contribution in [2.24, 2.45) is 0 Å². The normalized spacial score (nSPS) is 21.7. The summed E-state index contributed by atoms with van der Waals surface area (Å²) >= 11 is 7.86. The van der Waals surface area contributed by atoms with Gasteiger partial charge in [-0.1, -0.05) is 29.8 Å². The molecule has 1 atom stereocenters. The van der Waals surface area contributed by atoms with Crippen LogP contribution in [0.25, 0.3) is 0 Å². The van der Waals surface area contributed by atoms with Gasteiger partial charge in [-0.25, -0.2) is 4.58 Å². The maximum atomic E-state index is 11.9. The molecule has 0 saturated carbocycles.